The number of likely N-dealkylation sites (N-methyl/N-ethyl adjacent to an activating group) is 1. The second-order valence-corrected chi connectivity index (χ2v) is 5.76. The fourth-order valence-corrected chi connectivity index (χ4v) is 2.89. The summed E-state index contributed by atoms with van der Waals surface area (Å²) in [5.41, 5.74) is 3.57. The molecular weight excluding hydrogens is 246 g/mol. The van der Waals surface area contributed by atoms with Crippen molar-refractivity contribution in [2.75, 3.05) is 26.7 Å². The van der Waals surface area contributed by atoms with Crippen molar-refractivity contribution in [3.05, 3.63) is 60.2 Å². The highest BCUT2D eigenvalue weighted by molar-refractivity contribution is 5.63. The Kier molecular flexibility index (Phi) is 3.60. The minimum Gasteiger partial charge on any atom is -0.368 e. The molecule has 1 unspecified atom stereocenters. The molecule has 0 aliphatic carbocycles. The molecular formula is C18H21NO. The molecule has 2 nitrogen and oxygen atoms in total. The van der Waals surface area contributed by atoms with Gasteiger partial charge in [0.05, 0.1) is 6.61 Å². The maximum absolute atomic E-state index is 6.03. The van der Waals surface area contributed by atoms with Crippen LogP contribution in [0, 0.1) is 0 Å². The van der Waals surface area contributed by atoms with Crippen molar-refractivity contribution in [2.24, 2.45) is 0 Å². The van der Waals surface area contributed by atoms with Crippen molar-refractivity contribution in [1.82, 2.24) is 4.90 Å². The molecule has 3 rings (SSSR count). The zero-order valence-electron chi connectivity index (χ0n) is 12.2. The highest BCUT2D eigenvalue weighted by Crippen LogP contribution is 2.30. The van der Waals surface area contributed by atoms with Crippen LogP contribution in [0.15, 0.2) is 54.6 Å². The molecule has 2 aromatic carbocycles. The Balaban J connectivity index is 1.86. The molecule has 0 spiro atoms. The maximum atomic E-state index is 6.03. The fourth-order valence-electron chi connectivity index (χ4n) is 2.89. The number of rotatable bonds is 2. The lowest BCUT2D eigenvalue weighted by Crippen LogP contribution is -2.46. The van der Waals surface area contributed by atoms with Crippen LogP contribution in [0.4, 0.5) is 0 Å². The number of benzene rings is 2. The van der Waals surface area contributed by atoms with Gasteiger partial charge in [-0.1, -0.05) is 54.6 Å². The van der Waals surface area contributed by atoms with Crippen LogP contribution in [-0.2, 0) is 10.3 Å². The second-order valence-electron chi connectivity index (χ2n) is 5.76. The Labute approximate surface area is 121 Å². The van der Waals surface area contributed by atoms with Crippen LogP contribution < -0.4 is 0 Å². The van der Waals surface area contributed by atoms with Crippen LogP contribution in [-0.4, -0.2) is 31.6 Å². The van der Waals surface area contributed by atoms with Crippen molar-refractivity contribution >= 4 is 0 Å². The standard InChI is InChI=1S/C18H21NO/c1-18(14-19(2)12-13-20-18)17-10-8-16(9-11-17)15-6-4-3-5-7-15/h3-11H,12-14H2,1-2H3. The van der Waals surface area contributed by atoms with E-state index in [0.717, 1.165) is 19.7 Å². The van der Waals surface area contributed by atoms with Gasteiger partial charge in [-0.25, -0.2) is 0 Å². The van der Waals surface area contributed by atoms with Crippen LogP contribution >= 0.6 is 0 Å². The maximum Gasteiger partial charge on any atom is 0.103 e. The van der Waals surface area contributed by atoms with Gasteiger partial charge in [0.2, 0.25) is 0 Å². The van der Waals surface area contributed by atoms with Crippen molar-refractivity contribution in [3.63, 3.8) is 0 Å². The van der Waals surface area contributed by atoms with Crippen LogP contribution in [0.3, 0.4) is 0 Å². The largest absolute Gasteiger partial charge is 0.368 e. The molecule has 1 aliphatic heterocycles. The van der Waals surface area contributed by atoms with Crippen molar-refractivity contribution in [3.8, 4) is 11.1 Å². The Morgan fingerprint density at radius 1 is 0.950 bits per heavy atom. The van der Waals surface area contributed by atoms with Crippen LogP contribution in [0.25, 0.3) is 11.1 Å². The SMILES string of the molecule is CN1CCOC(C)(c2ccc(-c3ccccc3)cc2)C1. The third-order valence-corrected chi connectivity index (χ3v) is 4.07. The van der Waals surface area contributed by atoms with E-state index in [9.17, 15) is 0 Å². The number of hydrogen-bond acceptors (Lipinski definition) is 2. The van der Waals surface area contributed by atoms with E-state index in [2.05, 4.69) is 67.4 Å². The molecule has 1 saturated heterocycles. The van der Waals surface area contributed by atoms with E-state index in [1.165, 1.54) is 16.7 Å². The molecule has 104 valence electrons. The summed E-state index contributed by atoms with van der Waals surface area (Å²) in [5.74, 6) is 0. The minimum absolute atomic E-state index is 0.192. The predicted octanol–water partition coefficient (Wildman–Crippen LogP) is 3.53. The zero-order chi connectivity index (χ0) is 14.0. The van der Waals surface area contributed by atoms with Crippen molar-refractivity contribution in [1.29, 1.82) is 0 Å². The quantitative estimate of drug-likeness (QED) is 0.825. The first-order valence-corrected chi connectivity index (χ1v) is 7.16. The molecule has 0 saturated carbocycles. The summed E-state index contributed by atoms with van der Waals surface area (Å²) in [7, 11) is 2.15. The van der Waals surface area contributed by atoms with E-state index in [1.807, 2.05) is 6.07 Å². The van der Waals surface area contributed by atoms with Gasteiger partial charge in [-0.15, -0.1) is 0 Å². The number of ether oxygens (including phenoxy) is 1. The summed E-state index contributed by atoms with van der Waals surface area (Å²) in [5, 5.41) is 0. The van der Waals surface area contributed by atoms with Gasteiger partial charge < -0.3 is 9.64 Å². The van der Waals surface area contributed by atoms with E-state index in [-0.39, 0.29) is 5.60 Å². The number of hydrogen-bond donors (Lipinski definition) is 0. The van der Waals surface area contributed by atoms with Crippen molar-refractivity contribution < 1.29 is 4.74 Å². The summed E-state index contributed by atoms with van der Waals surface area (Å²) < 4.78 is 6.03. The molecule has 0 bridgehead atoms. The molecule has 1 atom stereocenters. The zero-order valence-corrected chi connectivity index (χ0v) is 12.2. The average molecular weight is 267 g/mol. The van der Waals surface area contributed by atoms with Gasteiger partial charge in [-0.05, 0) is 30.7 Å². The monoisotopic (exact) mass is 267 g/mol. The molecule has 1 fully saturated rings. The average Bonchev–Trinajstić information content (AvgIpc) is 2.48. The van der Waals surface area contributed by atoms with Gasteiger partial charge in [0.15, 0.2) is 0 Å². The molecule has 20 heavy (non-hydrogen) atoms. The Bertz CT molecular complexity index is 564. The summed E-state index contributed by atoms with van der Waals surface area (Å²) in [6, 6.07) is 19.2. The Morgan fingerprint density at radius 3 is 2.25 bits per heavy atom. The molecule has 0 aromatic heterocycles. The Morgan fingerprint density at radius 2 is 1.60 bits per heavy atom. The molecule has 2 aromatic rings. The van der Waals surface area contributed by atoms with E-state index in [4.69, 9.17) is 4.74 Å². The first kappa shape index (κ1) is 13.3. The summed E-state index contributed by atoms with van der Waals surface area (Å²) in [6.07, 6.45) is 0. The molecule has 0 N–H and O–H groups in total. The summed E-state index contributed by atoms with van der Waals surface area (Å²) in [4.78, 5) is 2.33. The van der Waals surface area contributed by atoms with Gasteiger partial charge >= 0.3 is 0 Å². The minimum atomic E-state index is -0.192. The summed E-state index contributed by atoms with van der Waals surface area (Å²) >= 11 is 0. The van der Waals surface area contributed by atoms with Crippen LogP contribution in [0.2, 0.25) is 0 Å². The summed E-state index contributed by atoms with van der Waals surface area (Å²) in [6.45, 7) is 4.93. The molecule has 2 heteroatoms. The van der Waals surface area contributed by atoms with E-state index in [1.54, 1.807) is 0 Å². The van der Waals surface area contributed by atoms with Gasteiger partial charge in [0.1, 0.15) is 5.60 Å². The lowest BCUT2D eigenvalue weighted by molar-refractivity contribution is -0.0963. The Hall–Kier alpha value is -1.64. The van der Waals surface area contributed by atoms with Gasteiger partial charge in [0.25, 0.3) is 0 Å². The lowest BCUT2D eigenvalue weighted by Gasteiger charge is -2.39. The van der Waals surface area contributed by atoms with Crippen LogP contribution in [0.5, 0.6) is 0 Å². The third-order valence-electron chi connectivity index (χ3n) is 4.07. The smallest absolute Gasteiger partial charge is 0.103 e. The first-order valence-electron chi connectivity index (χ1n) is 7.16. The van der Waals surface area contributed by atoms with Gasteiger partial charge in [-0.2, -0.15) is 0 Å². The molecule has 0 amide bonds. The van der Waals surface area contributed by atoms with Crippen molar-refractivity contribution in [2.45, 2.75) is 12.5 Å². The van der Waals surface area contributed by atoms with Gasteiger partial charge in [0, 0.05) is 13.1 Å². The number of nitrogens with zero attached hydrogens (tertiary/aromatic N) is 1. The van der Waals surface area contributed by atoms with Gasteiger partial charge in [-0.3, -0.25) is 0 Å². The molecule has 1 aliphatic rings. The highest BCUT2D eigenvalue weighted by Gasteiger charge is 2.32. The third kappa shape index (κ3) is 2.62. The first-order chi connectivity index (χ1) is 9.67. The molecule has 0 radical (unpaired) electrons. The second kappa shape index (κ2) is 5.39. The van der Waals surface area contributed by atoms with E-state index >= 15 is 0 Å². The topological polar surface area (TPSA) is 12.5 Å². The predicted molar refractivity (Wildman–Crippen MR) is 82.7 cm³/mol. The molecule has 1 heterocycles. The highest BCUT2D eigenvalue weighted by atomic mass is 16.5. The van der Waals surface area contributed by atoms with E-state index in [0.29, 0.717) is 0 Å². The number of morpholine rings is 1. The fraction of sp³-hybridized carbons (Fsp3) is 0.333. The van der Waals surface area contributed by atoms with E-state index < -0.39 is 0 Å². The van der Waals surface area contributed by atoms with Crippen LogP contribution in [0.1, 0.15) is 12.5 Å². The lowest BCUT2D eigenvalue weighted by atomic mass is 9.92. The normalized spacial score (nSPS) is 23.7.